The van der Waals surface area contributed by atoms with E-state index in [2.05, 4.69) is 78.9 Å². The minimum Gasteiger partial charge on any atom is -0.275 e. The van der Waals surface area contributed by atoms with E-state index in [0.29, 0.717) is 0 Å². The molecule has 0 spiro atoms. The van der Waals surface area contributed by atoms with E-state index in [9.17, 15) is 4.79 Å². The third-order valence-electron chi connectivity index (χ3n) is 7.15. The van der Waals surface area contributed by atoms with Gasteiger partial charge in [0.1, 0.15) is 0 Å². The van der Waals surface area contributed by atoms with Gasteiger partial charge in [0.05, 0.1) is 11.0 Å². The predicted molar refractivity (Wildman–Crippen MR) is 146 cm³/mol. The lowest BCUT2D eigenvalue weighted by molar-refractivity contribution is 1.21. The molecule has 0 N–H and O–H groups in total. The fourth-order valence-electron chi connectivity index (χ4n) is 5.68. The summed E-state index contributed by atoms with van der Waals surface area (Å²) in [6.07, 6.45) is 0. The zero-order valence-corrected chi connectivity index (χ0v) is 18.9. The van der Waals surface area contributed by atoms with E-state index in [0.717, 1.165) is 43.5 Å². The van der Waals surface area contributed by atoms with Crippen molar-refractivity contribution in [3.63, 3.8) is 0 Å². The van der Waals surface area contributed by atoms with Crippen molar-refractivity contribution in [2.24, 2.45) is 0 Å². The van der Waals surface area contributed by atoms with Crippen LogP contribution in [0, 0.1) is 0 Å². The predicted octanol–water partition coefficient (Wildman–Crippen LogP) is 8.23. The Hall–Kier alpha value is -4.21. The molecule has 0 aliphatic rings. The fourth-order valence-corrected chi connectivity index (χ4v) is 6.77. The summed E-state index contributed by atoms with van der Waals surface area (Å²) in [4.78, 5) is 13.7. The summed E-state index contributed by atoms with van der Waals surface area (Å²) in [6.45, 7) is 0. The summed E-state index contributed by atoms with van der Waals surface area (Å²) in [5, 5.41) is 7.74. The highest BCUT2D eigenvalue weighted by molar-refractivity contribution is 7.25. The Kier molecular flexibility index (Phi) is 3.45. The van der Waals surface area contributed by atoms with Gasteiger partial charge in [-0.1, -0.05) is 72.8 Å². The van der Waals surface area contributed by atoms with Crippen molar-refractivity contribution in [3.8, 4) is 11.1 Å². The topological polar surface area (TPSA) is 21.5 Å². The summed E-state index contributed by atoms with van der Waals surface area (Å²) in [7, 11) is 0. The molecule has 34 heavy (non-hydrogen) atoms. The van der Waals surface area contributed by atoms with Crippen molar-refractivity contribution in [1.82, 2.24) is 4.40 Å². The second-order valence-electron chi connectivity index (χ2n) is 8.90. The van der Waals surface area contributed by atoms with Gasteiger partial charge >= 0.3 is 0 Å². The smallest absolute Gasteiger partial charge is 0.263 e. The molecule has 0 bridgehead atoms. The summed E-state index contributed by atoms with van der Waals surface area (Å²) < 4.78 is 4.53. The van der Waals surface area contributed by atoms with Gasteiger partial charge in [0.15, 0.2) is 0 Å². The van der Waals surface area contributed by atoms with Crippen molar-refractivity contribution in [2.45, 2.75) is 0 Å². The zero-order valence-electron chi connectivity index (χ0n) is 18.1. The molecule has 0 atom stereocenters. The SMILES string of the molecule is O=c1c2ccccc2c2ccc(-c3ccc4sc5ccccc5c4c3)c3c4ccccc4n1c23. The van der Waals surface area contributed by atoms with Gasteiger partial charge in [-0.2, -0.15) is 0 Å². The van der Waals surface area contributed by atoms with Gasteiger partial charge in [-0.3, -0.25) is 9.20 Å². The van der Waals surface area contributed by atoms with E-state index in [-0.39, 0.29) is 5.56 Å². The van der Waals surface area contributed by atoms with Crippen molar-refractivity contribution < 1.29 is 0 Å². The molecule has 3 heterocycles. The van der Waals surface area contributed by atoms with E-state index in [1.54, 1.807) is 0 Å². The number of para-hydroxylation sites is 1. The second-order valence-corrected chi connectivity index (χ2v) is 9.98. The molecule has 8 rings (SSSR count). The van der Waals surface area contributed by atoms with Gasteiger partial charge in [0.2, 0.25) is 0 Å². The Morgan fingerprint density at radius 2 is 1.26 bits per heavy atom. The molecule has 0 radical (unpaired) electrons. The lowest BCUT2D eigenvalue weighted by Crippen LogP contribution is -2.12. The monoisotopic (exact) mass is 451 g/mol. The first-order valence-electron chi connectivity index (χ1n) is 11.4. The van der Waals surface area contributed by atoms with Gasteiger partial charge in [0.25, 0.3) is 5.56 Å². The second kappa shape index (κ2) is 6.43. The maximum absolute atomic E-state index is 13.7. The molecule has 0 aliphatic heterocycles. The van der Waals surface area contributed by atoms with Crippen LogP contribution in [0.3, 0.4) is 0 Å². The van der Waals surface area contributed by atoms with E-state index in [1.807, 2.05) is 40.0 Å². The Morgan fingerprint density at radius 1 is 0.559 bits per heavy atom. The molecule has 0 amide bonds. The number of hydrogen-bond acceptors (Lipinski definition) is 2. The molecular formula is C31H17NOS. The van der Waals surface area contributed by atoms with Crippen molar-refractivity contribution in [1.29, 1.82) is 0 Å². The van der Waals surface area contributed by atoms with Crippen LogP contribution in [-0.4, -0.2) is 4.40 Å². The average molecular weight is 452 g/mol. The lowest BCUT2D eigenvalue weighted by Gasteiger charge is -2.10. The largest absolute Gasteiger partial charge is 0.275 e. The van der Waals surface area contributed by atoms with Crippen LogP contribution in [-0.2, 0) is 0 Å². The fraction of sp³-hybridized carbons (Fsp3) is 0. The minimum absolute atomic E-state index is 0.0470. The average Bonchev–Trinajstić information content (AvgIpc) is 3.44. The highest BCUT2D eigenvalue weighted by atomic mass is 32.1. The Bertz CT molecular complexity index is 2150. The van der Waals surface area contributed by atoms with Gasteiger partial charge in [-0.05, 0) is 46.8 Å². The first kappa shape index (κ1) is 18.2. The van der Waals surface area contributed by atoms with E-state index < -0.39 is 0 Å². The summed E-state index contributed by atoms with van der Waals surface area (Å²) in [6, 6.07) is 36.0. The van der Waals surface area contributed by atoms with Crippen LogP contribution in [0.1, 0.15) is 0 Å². The van der Waals surface area contributed by atoms with E-state index in [4.69, 9.17) is 0 Å². The number of thiophene rings is 1. The van der Waals surface area contributed by atoms with Crippen LogP contribution in [0.4, 0.5) is 0 Å². The lowest BCUT2D eigenvalue weighted by atomic mass is 9.95. The maximum atomic E-state index is 13.7. The zero-order chi connectivity index (χ0) is 22.4. The standard InChI is InChI=1S/C31H17NOS/c33-31-23-9-2-1-7-20(23)22-15-14-19(29-24-10-3-5-11-26(24)32(31)30(22)29)18-13-16-28-25(17-18)21-8-4-6-12-27(21)34-28/h1-17H. The van der Waals surface area contributed by atoms with Crippen LogP contribution >= 0.6 is 11.3 Å². The molecule has 8 aromatic rings. The van der Waals surface area contributed by atoms with Crippen LogP contribution in [0.5, 0.6) is 0 Å². The quantitative estimate of drug-likeness (QED) is 0.230. The molecule has 0 fully saturated rings. The van der Waals surface area contributed by atoms with Crippen LogP contribution in [0.25, 0.3) is 69.3 Å². The number of fused-ring (bicyclic) bond motifs is 8. The maximum Gasteiger partial charge on any atom is 0.263 e. The number of benzene rings is 5. The molecule has 0 saturated heterocycles. The number of hydrogen-bond donors (Lipinski definition) is 0. The normalized spacial score (nSPS) is 12.2. The molecule has 3 aromatic heterocycles. The number of aromatic nitrogens is 1. The Labute approximate surface area is 198 Å². The highest BCUT2D eigenvalue weighted by Gasteiger charge is 2.20. The van der Waals surface area contributed by atoms with Gasteiger partial charge < -0.3 is 0 Å². The van der Waals surface area contributed by atoms with Crippen LogP contribution in [0.2, 0.25) is 0 Å². The first-order chi connectivity index (χ1) is 16.8. The first-order valence-corrected chi connectivity index (χ1v) is 12.2. The number of rotatable bonds is 1. The van der Waals surface area contributed by atoms with Crippen molar-refractivity contribution >= 4 is 69.5 Å². The molecule has 0 aliphatic carbocycles. The van der Waals surface area contributed by atoms with E-state index in [1.165, 1.54) is 25.7 Å². The van der Waals surface area contributed by atoms with Crippen LogP contribution in [0.15, 0.2) is 108 Å². The molecule has 3 heteroatoms. The van der Waals surface area contributed by atoms with Crippen LogP contribution < -0.4 is 5.56 Å². The summed E-state index contributed by atoms with van der Waals surface area (Å²) in [5.41, 5.74) is 4.37. The third-order valence-corrected chi connectivity index (χ3v) is 8.31. The molecule has 0 unspecified atom stereocenters. The third kappa shape index (κ3) is 2.22. The highest BCUT2D eigenvalue weighted by Crippen LogP contribution is 2.42. The molecular weight excluding hydrogens is 434 g/mol. The van der Waals surface area contributed by atoms with Crippen molar-refractivity contribution in [3.05, 3.63) is 113 Å². The summed E-state index contributed by atoms with van der Waals surface area (Å²) >= 11 is 1.83. The van der Waals surface area contributed by atoms with E-state index >= 15 is 0 Å². The minimum atomic E-state index is 0.0470. The number of pyridine rings is 1. The van der Waals surface area contributed by atoms with Gasteiger partial charge in [0, 0.05) is 41.7 Å². The molecule has 0 saturated carbocycles. The molecule has 2 nitrogen and oxygen atoms in total. The van der Waals surface area contributed by atoms with Crippen molar-refractivity contribution in [2.75, 3.05) is 0 Å². The summed E-state index contributed by atoms with van der Waals surface area (Å²) in [5.74, 6) is 0. The Balaban J connectivity index is 1.58. The molecule has 158 valence electrons. The number of nitrogens with zero attached hydrogens (tertiary/aromatic N) is 1. The van der Waals surface area contributed by atoms with Gasteiger partial charge in [-0.25, -0.2) is 0 Å². The van der Waals surface area contributed by atoms with Gasteiger partial charge in [-0.15, -0.1) is 11.3 Å². The molecule has 5 aromatic carbocycles. The Morgan fingerprint density at radius 3 is 2.15 bits per heavy atom.